The van der Waals surface area contributed by atoms with E-state index in [4.69, 9.17) is 9.47 Å². The molecule has 0 unspecified atom stereocenters. The molecule has 0 heterocycles. The standard InChI is InChI=1S/C17H16O4.C3H9N/c1-20-16(17(18)19)11-13-7-9-15(10-8-13)21-12-14-5-3-2-4-6-14;1-2-3-4/h2-11H,12H2,1H3,(H,18,19);2-4H2,1H3. The summed E-state index contributed by atoms with van der Waals surface area (Å²) in [6.07, 6.45) is 2.61. The van der Waals surface area contributed by atoms with Crippen LogP contribution < -0.4 is 15.6 Å². The number of carbonyl (C=O) groups excluding carboxylic acids is 1. The number of hydrogen-bond donors (Lipinski definition) is 1. The van der Waals surface area contributed by atoms with Crippen LogP contribution in [0, 0.1) is 0 Å². The molecule has 0 aliphatic heterocycles. The van der Waals surface area contributed by atoms with E-state index in [-0.39, 0.29) is 5.76 Å². The fourth-order valence-electron chi connectivity index (χ4n) is 1.75. The van der Waals surface area contributed by atoms with Crippen LogP contribution in [-0.2, 0) is 16.1 Å². The molecule has 5 nitrogen and oxygen atoms in total. The number of ether oxygens (including phenoxy) is 2. The second-order valence-corrected chi connectivity index (χ2v) is 5.20. The normalized spacial score (nSPS) is 10.4. The van der Waals surface area contributed by atoms with Gasteiger partial charge in [0.2, 0.25) is 0 Å². The van der Waals surface area contributed by atoms with Crippen LogP contribution in [0.4, 0.5) is 0 Å². The summed E-state index contributed by atoms with van der Waals surface area (Å²) in [5.41, 5.74) is 5.38. The number of carboxylic acids is 1. The number of benzene rings is 2. The maximum absolute atomic E-state index is 10.7. The van der Waals surface area contributed by atoms with Crippen LogP contribution in [0.15, 0.2) is 60.4 Å². The zero-order valence-electron chi connectivity index (χ0n) is 14.7. The van der Waals surface area contributed by atoms with Crippen LogP contribution in [0.5, 0.6) is 5.75 Å². The largest absolute Gasteiger partial charge is 0.542 e. The Hall–Kier alpha value is -2.79. The van der Waals surface area contributed by atoms with E-state index >= 15 is 0 Å². The molecule has 2 aromatic rings. The van der Waals surface area contributed by atoms with E-state index < -0.39 is 5.97 Å². The van der Waals surface area contributed by atoms with Crippen LogP contribution >= 0.6 is 0 Å². The van der Waals surface area contributed by atoms with Crippen molar-refractivity contribution in [2.24, 2.45) is 0 Å². The van der Waals surface area contributed by atoms with Gasteiger partial charge in [-0.05, 0) is 35.8 Å². The van der Waals surface area contributed by atoms with Crippen LogP contribution in [0.1, 0.15) is 24.5 Å². The first-order valence-corrected chi connectivity index (χ1v) is 8.13. The number of quaternary nitrogens is 1. The number of hydrogen-bond acceptors (Lipinski definition) is 4. The Morgan fingerprint density at radius 3 is 2.20 bits per heavy atom. The fourth-order valence-corrected chi connectivity index (χ4v) is 1.75. The molecule has 0 aliphatic rings. The summed E-state index contributed by atoms with van der Waals surface area (Å²) in [7, 11) is 1.29. The average Bonchev–Trinajstić information content (AvgIpc) is 2.66. The fraction of sp³-hybridized carbons (Fsp3) is 0.250. The third-order valence-corrected chi connectivity index (χ3v) is 3.20. The van der Waals surface area contributed by atoms with Crippen LogP contribution in [0.3, 0.4) is 0 Å². The molecule has 0 saturated carbocycles. The summed E-state index contributed by atoms with van der Waals surface area (Å²) in [5.74, 6) is -0.849. The SMILES string of the molecule is CCC[NH3+].COC(=Cc1ccc(OCc2ccccc2)cc1)C(=O)[O-]. The van der Waals surface area contributed by atoms with Crippen LogP contribution in [0.25, 0.3) is 6.08 Å². The molecule has 0 fully saturated rings. The Kier molecular flexibility index (Phi) is 9.48. The Bertz CT molecular complexity index is 649. The Labute approximate surface area is 148 Å². The van der Waals surface area contributed by atoms with Gasteiger partial charge in [-0.15, -0.1) is 0 Å². The molecule has 0 aliphatic carbocycles. The number of aliphatic carboxylic acids is 1. The van der Waals surface area contributed by atoms with Crippen molar-refractivity contribution in [3.63, 3.8) is 0 Å². The highest BCUT2D eigenvalue weighted by Crippen LogP contribution is 2.16. The van der Waals surface area contributed by atoms with Gasteiger partial charge in [0.15, 0.2) is 0 Å². The minimum atomic E-state index is -1.35. The van der Waals surface area contributed by atoms with Gasteiger partial charge in [0.05, 0.1) is 13.7 Å². The summed E-state index contributed by atoms with van der Waals surface area (Å²) in [6.45, 7) is 3.67. The molecule has 0 aromatic heterocycles. The summed E-state index contributed by atoms with van der Waals surface area (Å²) in [6, 6.07) is 16.9. The van der Waals surface area contributed by atoms with Gasteiger partial charge in [0.25, 0.3) is 0 Å². The molecule has 0 spiro atoms. The predicted octanol–water partition coefficient (Wildman–Crippen LogP) is 1.64. The highest BCUT2D eigenvalue weighted by molar-refractivity contribution is 5.88. The number of carboxylic acid groups (broad SMARTS) is 1. The topological polar surface area (TPSA) is 86.2 Å². The van der Waals surface area contributed by atoms with Crippen molar-refractivity contribution in [3.8, 4) is 5.75 Å². The zero-order valence-corrected chi connectivity index (χ0v) is 14.7. The Morgan fingerprint density at radius 2 is 1.72 bits per heavy atom. The lowest BCUT2D eigenvalue weighted by atomic mass is 10.2. The van der Waals surface area contributed by atoms with Gasteiger partial charge in [-0.25, -0.2) is 0 Å². The van der Waals surface area contributed by atoms with Crippen LogP contribution in [0.2, 0.25) is 0 Å². The van der Waals surface area contributed by atoms with E-state index in [0.717, 1.165) is 12.1 Å². The smallest absolute Gasteiger partial charge is 0.142 e. The van der Waals surface area contributed by atoms with Crippen molar-refractivity contribution < 1.29 is 25.1 Å². The van der Waals surface area contributed by atoms with Gasteiger partial charge in [0.1, 0.15) is 24.1 Å². The highest BCUT2D eigenvalue weighted by Gasteiger charge is 1.99. The van der Waals surface area contributed by atoms with Gasteiger partial charge >= 0.3 is 0 Å². The number of methoxy groups -OCH3 is 1. The molecule has 0 atom stereocenters. The molecule has 2 rings (SSSR count). The molecule has 5 heteroatoms. The van der Waals surface area contributed by atoms with Crippen molar-refractivity contribution in [1.29, 1.82) is 0 Å². The maximum atomic E-state index is 10.7. The molecule has 0 bridgehead atoms. The maximum Gasteiger partial charge on any atom is 0.142 e. The van der Waals surface area contributed by atoms with Crippen molar-refractivity contribution in [3.05, 3.63) is 71.5 Å². The molecule has 0 amide bonds. The molecule has 2 aromatic carbocycles. The van der Waals surface area contributed by atoms with E-state index in [2.05, 4.69) is 12.7 Å². The van der Waals surface area contributed by atoms with Crippen molar-refractivity contribution in [2.45, 2.75) is 20.0 Å². The lowest BCUT2D eigenvalue weighted by Crippen LogP contribution is -2.49. The average molecular weight is 343 g/mol. The summed E-state index contributed by atoms with van der Waals surface area (Å²) < 4.78 is 10.4. The van der Waals surface area contributed by atoms with E-state index in [1.165, 1.54) is 19.6 Å². The van der Waals surface area contributed by atoms with Gasteiger partial charge in [-0.2, -0.15) is 0 Å². The highest BCUT2D eigenvalue weighted by atomic mass is 16.5. The third-order valence-electron chi connectivity index (χ3n) is 3.20. The van der Waals surface area contributed by atoms with E-state index in [1.807, 2.05) is 30.3 Å². The van der Waals surface area contributed by atoms with Crippen molar-refractivity contribution in [1.82, 2.24) is 0 Å². The molecule has 0 radical (unpaired) electrons. The molecule has 25 heavy (non-hydrogen) atoms. The first kappa shape index (κ1) is 20.3. The quantitative estimate of drug-likeness (QED) is 0.612. The lowest BCUT2D eigenvalue weighted by molar-refractivity contribution is -0.367. The molecular formula is C20H25NO4. The predicted molar refractivity (Wildman–Crippen MR) is 95.3 cm³/mol. The lowest BCUT2D eigenvalue weighted by Gasteiger charge is -2.08. The van der Waals surface area contributed by atoms with Crippen molar-refractivity contribution in [2.75, 3.05) is 13.7 Å². The van der Waals surface area contributed by atoms with E-state index in [1.54, 1.807) is 24.3 Å². The zero-order chi connectivity index (χ0) is 18.5. The molecule has 134 valence electrons. The second kappa shape index (κ2) is 11.7. The molecule has 0 saturated heterocycles. The number of rotatable bonds is 7. The third kappa shape index (κ3) is 8.04. The number of carbonyl (C=O) groups is 1. The molecule has 3 N–H and O–H groups in total. The Morgan fingerprint density at radius 1 is 1.12 bits per heavy atom. The summed E-state index contributed by atoms with van der Waals surface area (Å²) >= 11 is 0. The van der Waals surface area contributed by atoms with Gasteiger partial charge in [0, 0.05) is 0 Å². The minimum Gasteiger partial charge on any atom is -0.542 e. The monoisotopic (exact) mass is 343 g/mol. The summed E-state index contributed by atoms with van der Waals surface area (Å²) in [4.78, 5) is 10.7. The van der Waals surface area contributed by atoms with Gasteiger partial charge in [-0.3, -0.25) is 0 Å². The molecular weight excluding hydrogens is 318 g/mol. The van der Waals surface area contributed by atoms with Crippen molar-refractivity contribution >= 4 is 12.0 Å². The first-order valence-electron chi connectivity index (χ1n) is 8.13. The Balaban J connectivity index is 0.000000705. The second-order valence-electron chi connectivity index (χ2n) is 5.20. The van der Waals surface area contributed by atoms with Gasteiger partial charge in [-0.1, -0.05) is 49.4 Å². The van der Waals surface area contributed by atoms with Gasteiger partial charge < -0.3 is 25.1 Å². The van der Waals surface area contributed by atoms with E-state index in [0.29, 0.717) is 17.9 Å². The summed E-state index contributed by atoms with van der Waals surface area (Å²) in [5, 5.41) is 10.7. The van der Waals surface area contributed by atoms with Crippen LogP contribution in [-0.4, -0.2) is 19.6 Å². The minimum absolute atomic E-state index is 0.215. The van der Waals surface area contributed by atoms with E-state index in [9.17, 15) is 9.90 Å². The first-order chi connectivity index (χ1) is 12.1.